The normalized spacial score (nSPS) is 12.5. The van der Waals surface area contributed by atoms with Crippen LogP contribution in [-0.4, -0.2) is 23.2 Å². The van der Waals surface area contributed by atoms with Crippen LogP contribution in [0.15, 0.2) is 59.3 Å². The summed E-state index contributed by atoms with van der Waals surface area (Å²) in [7, 11) is 0. The van der Waals surface area contributed by atoms with Gasteiger partial charge in [0.25, 0.3) is 0 Å². The molecule has 0 aliphatic carbocycles. The molecule has 0 bridgehead atoms. The second-order valence-corrected chi connectivity index (χ2v) is 6.07. The molecule has 0 saturated heterocycles. The zero-order valence-electron chi connectivity index (χ0n) is 12.5. The Morgan fingerprint density at radius 3 is 2.83 bits per heavy atom. The number of hydrogen-bond donors (Lipinski definition) is 2. The Hall–Kier alpha value is -1.40. The highest BCUT2D eigenvalue weighted by molar-refractivity contribution is 9.10. The van der Waals surface area contributed by atoms with E-state index in [9.17, 15) is 5.11 Å². The van der Waals surface area contributed by atoms with Crippen molar-refractivity contribution in [3.63, 3.8) is 0 Å². The van der Waals surface area contributed by atoms with Crippen molar-refractivity contribution in [1.82, 2.24) is 10.3 Å². The standard InChI is InChI=1S/C17H18BrClN2O2/c18-16-9-14(10-17(19)21-16)15(22)11-20-7-4-8-23-12-13-5-2-1-3-6-13/h1-7,9-10,15,20,22H,8,11-12H2/b7-4+. The minimum Gasteiger partial charge on any atom is -0.388 e. The van der Waals surface area contributed by atoms with Gasteiger partial charge in [0.1, 0.15) is 9.76 Å². The summed E-state index contributed by atoms with van der Waals surface area (Å²) in [6.45, 7) is 1.46. The number of aliphatic hydroxyl groups is 1. The summed E-state index contributed by atoms with van der Waals surface area (Å²) in [4.78, 5) is 3.99. The molecule has 0 aliphatic heterocycles. The molecule has 4 nitrogen and oxygen atoms in total. The molecule has 1 heterocycles. The molecule has 0 amide bonds. The van der Waals surface area contributed by atoms with E-state index in [0.29, 0.717) is 35.1 Å². The number of aromatic nitrogens is 1. The number of rotatable bonds is 8. The first-order chi connectivity index (χ1) is 11.1. The maximum atomic E-state index is 10.1. The van der Waals surface area contributed by atoms with E-state index in [1.165, 1.54) is 0 Å². The van der Waals surface area contributed by atoms with E-state index in [4.69, 9.17) is 16.3 Å². The molecule has 2 rings (SSSR count). The van der Waals surface area contributed by atoms with Gasteiger partial charge in [-0.3, -0.25) is 0 Å². The van der Waals surface area contributed by atoms with Gasteiger partial charge in [0, 0.05) is 6.54 Å². The van der Waals surface area contributed by atoms with E-state index in [1.807, 2.05) is 36.4 Å². The number of benzene rings is 1. The first-order valence-corrected chi connectivity index (χ1v) is 8.33. The van der Waals surface area contributed by atoms with E-state index in [0.717, 1.165) is 5.56 Å². The molecule has 2 N–H and O–H groups in total. The van der Waals surface area contributed by atoms with E-state index < -0.39 is 6.10 Å². The molecule has 0 radical (unpaired) electrons. The van der Waals surface area contributed by atoms with Crippen LogP contribution in [0.2, 0.25) is 5.15 Å². The van der Waals surface area contributed by atoms with Crippen molar-refractivity contribution in [2.75, 3.05) is 13.2 Å². The number of nitrogens with zero attached hydrogens (tertiary/aromatic N) is 1. The van der Waals surface area contributed by atoms with Crippen molar-refractivity contribution >= 4 is 27.5 Å². The lowest BCUT2D eigenvalue weighted by atomic mass is 10.1. The maximum absolute atomic E-state index is 10.1. The molecular formula is C17H18BrClN2O2. The summed E-state index contributed by atoms with van der Waals surface area (Å²) < 4.78 is 6.12. The van der Waals surface area contributed by atoms with Crippen LogP contribution in [0.4, 0.5) is 0 Å². The van der Waals surface area contributed by atoms with E-state index in [2.05, 4.69) is 26.2 Å². The fraction of sp³-hybridized carbons (Fsp3) is 0.235. The van der Waals surface area contributed by atoms with Crippen LogP contribution in [0.3, 0.4) is 0 Å². The third-order valence-corrected chi connectivity index (χ3v) is 3.64. The predicted molar refractivity (Wildman–Crippen MR) is 95.1 cm³/mol. The lowest BCUT2D eigenvalue weighted by Gasteiger charge is -2.11. The summed E-state index contributed by atoms with van der Waals surface area (Å²) in [6.07, 6.45) is 2.97. The van der Waals surface area contributed by atoms with Gasteiger partial charge >= 0.3 is 0 Å². The largest absolute Gasteiger partial charge is 0.388 e. The monoisotopic (exact) mass is 396 g/mol. The number of aliphatic hydroxyl groups excluding tert-OH is 1. The van der Waals surface area contributed by atoms with Crippen LogP contribution < -0.4 is 5.32 Å². The highest BCUT2D eigenvalue weighted by Gasteiger charge is 2.08. The fourth-order valence-electron chi connectivity index (χ4n) is 1.92. The molecular weight excluding hydrogens is 380 g/mol. The lowest BCUT2D eigenvalue weighted by Crippen LogP contribution is -2.16. The Bertz CT molecular complexity index is 617. The van der Waals surface area contributed by atoms with Gasteiger partial charge in [-0.2, -0.15) is 0 Å². The number of ether oxygens (including phenoxy) is 1. The van der Waals surface area contributed by atoms with Crippen molar-refractivity contribution in [2.24, 2.45) is 0 Å². The zero-order valence-corrected chi connectivity index (χ0v) is 14.8. The number of hydrogen-bond acceptors (Lipinski definition) is 4. The number of halogens is 2. The molecule has 1 aromatic carbocycles. The highest BCUT2D eigenvalue weighted by Crippen LogP contribution is 2.20. The Morgan fingerprint density at radius 1 is 1.30 bits per heavy atom. The number of pyridine rings is 1. The van der Waals surface area contributed by atoms with E-state index >= 15 is 0 Å². The van der Waals surface area contributed by atoms with Gasteiger partial charge in [-0.25, -0.2) is 4.98 Å². The van der Waals surface area contributed by atoms with Gasteiger partial charge in [0.2, 0.25) is 0 Å². The molecule has 1 unspecified atom stereocenters. The van der Waals surface area contributed by atoms with Gasteiger partial charge in [-0.1, -0.05) is 41.9 Å². The molecule has 0 spiro atoms. The molecule has 0 saturated carbocycles. The van der Waals surface area contributed by atoms with Gasteiger partial charge in [-0.05, 0) is 51.5 Å². The average molecular weight is 398 g/mol. The van der Waals surface area contributed by atoms with Gasteiger partial charge < -0.3 is 15.2 Å². The van der Waals surface area contributed by atoms with Crippen LogP contribution in [0.5, 0.6) is 0 Å². The molecule has 6 heteroatoms. The second-order valence-electron chi connectivity index (χ2n) is 4.87. The van der Waals surface area contributed by atoms with Gasteiger partial charge in [-0.15, -0.1) is 0 Å². The Balaban J connectivity index is 1.66. The van der Waals surface area contributed by atoms with Crippen LogP contribution in [0.1, 0.15) is 17.2 Å². The maximum Gasteiger partial charge on any atom is 0.130 e. The van der Waals surface area contributed by atoms with Crippen LogP contribution in [-0.2, 0) is 11.3 Å². The predicted octanol–water partition coefficient (Wildman–Crippen LogP) is 3.85. The SMILES string of the molecule is OC(CN/C=C/COCc1ccccc1)c1cc(Cl)nc(Br)c1. The summed E-state index contributed by atoms with van der Waals surface area (Å²) >= 11 is 9.11. The van der Waals surface area contributed by atoms with Crippen molar-refractivity contribution < 1.29 is 9.84 Å². The van der Waals surface area contributed by atoms with Crippen molar-refractivity contribution in [2.45, 2.75) is 12.7 Å². The molecule has 1 aromatic heterocycles. The lowest BCUT2D eigenvalue weighted by molar-refractivity contribution is 0.148. The highest BCUT2D eigenvalue weighted by atomic mass is 79.9. The fourth-order valence-corrected chi connectivity index (χ4v) is 2.70. The van der Waals surface area contributed by atoms with Crippen molar-refractivity contribution in [3.8, 4) is 0 Å². The average Bonchev–Trinajstić information content (AvgIpc) is 2.54. The van der Waals surface area contributed by atoms with Crippen LogP contribution in [0.25, 0.3) is 0 Å². The summed E-state index contributed by atoms with van der Waals surface area (Å²) in [6, 6.07) is 13.4. The molecule has 1 atom stereocenters. The summed E-state index contributed by atoms with van der Waals surface area (Å²) in [5.41, 5.74) is 1.85. The minimum absolute atomic E-state index is 0.346. The topological polar surface area (TPSA) is 54.4 Å². The Labute approximate surface area is 149 Å². The Kier molecular flexibility index (Phi) is 7.55. The second kappa shape index (κ2) is 9.67. The molecule has 2 aromatic rings. The smallest absolute Gasteiger partial charge is 0.130 e. The van der Waals surface area contributed by atoms with E-state index in [-0.39, 0.29) is 0 Å². The van der Waals surface area contributed by atoms with Crippen molar-refractivity contribution in [3.05, 3.63) is 75.6 Å². The van der Waals surface area contributed by atoms with Crippen LogP contribution in [0, 0.1) is 0 Å². The first kappa shape index (κ1) is 17.9. The first-order valence-electron chi connectivity index (χ1n) is 7.16. The quantitative estimate of drug-likeness (QED) is 0.525. The molecule has 0 aliphatic rings. The third-order valence-electron chi connectivity index (χ3n) is 3.04. The van der Waals surface area contributed by atoms with E-state index in [1.54, 1.807) is 18.3 Å². The van der Waals surface area contributed by atoms with Gasteiger partial charge in [0.05, 0.1) is 19.3 Å². The third kappa shape index (κ3) is 6.71. The molecule has 122 valence electrons. The Morgan fingerprint density at radius 2 is 2.09 bits per heavy atom. The zero-order chi connectivity index (χ0) is 16.5. The molecule has 23 heavy (non-hydrogen) atoms. The summed E-state index contributed by atoms with van der Waals surface area (Å²) in [5.74, 6) is 0. The van der Waals surface area contributed by atoms with Gasteiger partial charge in [0.15, 0.2) is 0 Å². The molecule has 0 fully saturated rings. The summed E-state index contributed by atoms with van der Waals surface area (Å²) in [5, 5.41) is 13.5. The minimum atomic E-state index is -0.665. The van der Waals surface area contributed by atoms with Crippen LogP contribution >= 0.6 is 27.5 Å². The van der Waals surface area contributed by atoms with Crippen molar-refractivity contribution in [1.29, 1.82) is 0 Å². The number of nitrogens with one attached hydrogen (secondary N) is 1.